The van der Waals surface area contributed by atoms with Crippen molar-refractivity contribution in [1.29, 1.82) is 0 Å². The molecule has 0 unspecified atom stereocenters. The molecule has 5 nitrogen and oxygen atoms in total. The third-order valence-corrected chi connectivity index (χ3v) is 3.74. The molecule has 0 bridgehead atoms. The predicted octanol–water partition coefficient (Wildman–Crippen LogP) is 3.20. The second-order valence-electron chi connectivity index (χ2n) is 3.79. The molecule has 2 heterocycles. The van der Waals surface area contributed by atoms with Crippen LogP contribution in [-0.4, -0.2) is 27.2 Å². The molecule has 0 spiro atoms. The van der Waals surface area contributed by atoms with Gasteiger partial charge in [0, 0.05) is 17.0 Å². The summed E-state index contributed by atoms with van der Waals surface area (Å²) in [5, 5.41) is 12.2. The zero-order chi connectivity index (χ0) is 13.2. The van der Waals surface area contributed by atoms with E-state index in [2.05, 4.69) is 25.5 Å². The minimum Gasteiger partial charge on any atom is -0.357 e. The van der Waals surface area contributed by atoms with Crippen LogP contribution in [0.15, 0.2) is 40.4 Å². The molecule has 7 heteroatoms. The van der Waals surface area contributed by atoms with Gasteiger partial charge in [-0.2, -0.15) is 10.1 Å². The Balaban J connectivity index is 2.06. The van der Waals surface area contributed by atoms with Crippen LogP contribution in [0.3, 0.4) is 0 Å². The molecule has 0 saturated carbocycles. The lowest BCUT2D eigenvalue weighted by Crippen LogP contribution is -1.97. The summed E-state index contributed by atoms with van der Waals surface area (Å²) in [4.78, 5) is 9.77. The van der Waals surface area contributed by atoms with E-state index in [-0.39, 0.29) is 0 Å². The first kappa shape index (κ1) is 12.3. The highest BCUT2D eigenvalue weighted by Gasteiger charge is 2.10. The summed E-state index contributed by atoms with van der Waals surface area (Å²) < 4.78 is 0. The van der Waals surface area contributed by atoms with Crippen LogP contribution in [0.1, 0.15) is 0 Å². The van der Waals surface area contributed by atoms with E-state index < -0.39 is 0 Å². The topological polar surface area (TPSA) is 66.5 Å². The molecule has 0 aliphatic rings. The van der Waals surface area contributed by atoms with E-state index in [1.54, 1.807) is 13.2 Å². The molecule has 2 N–H and O–H groups in total. The fraction of sp³-hybridized carbons (Fsp3) is 0.0833. The van der Waals surface area contributed by atoms with Gasteiger partial charge in [-0.15, -0.1) is 0 Å². The lowest BCUT2D eigenvalue weighted by molar-refractivity contribution is 1.06. The number of nitrogens with zero attached hydrogens (tertiary/aromatic N) is 3. The monoisotopic (exact) mass is 291 g/mol. The molecule has 96 valence electrons. The van der Waals surface area contributed by atoms with Crippen LogP contribution in [0.5, 0.6) is 0 Å². The number of anilines is 1. The summed E-state index contributed by atoms with van der Waals surface area (Å²) >= 11 is 7.52. The first-order chi connectivity index (χ1) is 9.26. The number of aromatic amines is 1. The highest BCUT2D eigenvalue weighted by molar-refractivity contribution is 7.99. The highest BCUT2D eigenvalue weighted by atomic mass is 35.5. The van der Waals surface area contributed by atoms with Crippen molar-refractivity contribution in [3.8, 4) is 0 Å². The SMILES string of the molecule is CNc1nc(Sc2cccc(Cl)c2)c2cn[nH]c2n1. The molecular weight excluding hydrogens is 282 g/mol. The Morgan fingerprint density at radius 2 is 2.21 bits per heavy atom. The molecule has 0 aliphatic heterocycles. The van der Waals surface area contributed by atoms with E-state index in [9.17, 15) is 0 Å². The summed E-state index contributed by atoms with van der Waals surface area (Å²) in [5.41, 5.74) is 0.712. The lowest BCUT2D eigenvalue weighted by Gasteiger charge is -2.05. The quantitative estimate of drug-likeness (QED) is 0.725. The number of nitrogens with one attached hydrogen (secondary N) is 2. The lowest BCUT2D eigenvalue weighted by atomic mass is 10.4. The van der Waals surface area contributed by atoms with Crippen LogP contribution < -0.4 is 5.32 Å². The molecular formula is C12H10ClN5S. The van der Waals surface area contributed by atoms with Crippen molar-refractivity contribution in [2.75, 3.05) is 12.4 Å². The van der Waals surface area contributed by atoms with E-state index in [0.717, 1.165) is 15.3 Å². The Kier molecular flexibility index (Phi) is 3.27. The first-order valence-electron chi connectivity index (χ1n) is 5.58. The number of hydrogen-bond donors (Lipinski definition) is 2. The summed E-state index contributed by atoms with van der Waals surface area (Å²) in [5.74, 6) is 0.557. The number of benzene rings is 1. The van der Waals surface area contributed by atoms with Crippen LogP contribution in [0.4, 0.5) is 5.95 Å². The van der Waals surface area contributed by atoms with Crippen molar-refractivity contribution in [3.63, 3.8) is 0 Å². The van der Waals surface area contributed by atoms with Gasteiger partial charge in [0.25, 0.3) is 0 Å². The van der Waals surface area contributed by atoms with Crippen LogP contribution in [0.2, 0.25) is 5.02 Å². The molecule has 0 atom stereocenters. The van der Waals surface area contributed by atoms with E-state index in [1.165, 1.54) is 11.8 Å². The van der Waals surface area contributed by atoms with Crippen molar-refractivity contribution >= 4 is 40.3 Å². The Bertz CT molecular complexity index is 727. The number of H-pyrrole nitrogens is 1. The van der Waals surface area contributed by atoms with Gasteiger partial charge < -0.3 is 5.32 Å². The maximum Gasteiger partial charge on any atom is 0.225 e. The van der Waals surface area contributed by atoms with E-state index in [0.29, 0.717) is 16.6 Å². The molecule has 0 amide bonds. The average molecular weight is 292 g/mol. The molecule has 19 heavy (non-hydrogen) atoms. The van der Waals surface area contributed by atoms with Gasteiger partial charge >= 0.3 is 0 Å². The summed E-state index contributed by atoms with van der Waals surface area (Å²) in [7, 11) is 1.78. The van der Waals surface area contributed by atoms with Gasteiger partial charge in [0.2, 0.25) is 5.95 Å². The molecule has 0 fully saturated rings. The van der Waals surface area contributed by atoms with Crippen molar-refractivity contribution in [1.82, 2.24) is 20.2 Å². The molecule has 0 aliphatic carbocycles. The van der Waals surface area contributed by atoms with E-state index in [1.807, 2.05) is 24.3 Å². The fourth-order valence-electron chi connectivity index (χ4n) is 1.64. The van der Waals surface area contributed by atoms with Gasteiger partial charge in [-0.3, -0.25) is 5.10 Å². The van der Waals surface area contributed by atoms with Gasteiger partial charge in [0.1, 0.15) is 5.03 Å². The summed E-state index contributed by atoms with van der Waals surface area (Å²) in [6, 6.07) is 7.65. The number of halogens is 1. The first-order valence-corrected chi connectivity index (χ1v) is 6.78. The second kappa shape index (κ2) is 5.07. The zero-order valence-corrected chi connectivity index (χ0v) is 11.6. The zero-order valence-electron chi connectivity index (χ0n) is 10.0. The minimum absolute atomic E-state index is 0.557. The van der Waals surface area contributed by atoms with Crippen LogP contribution >= 0.6 is 23.4 Å². The largest absolute Gasteiger partial charge is 0.357 e. The summed E-state index contributed by atoms with van der Waals surface area (Å²) in [6.07, 6.45) is 1.72. The highest BCUT2D eigenvalue weighted by Crippen LogP contribution is 2.32. The Morgan fingerprint density at radius 1 is 1.32 bits per heavy atom. The predicted molar refractivity (Wildman–Crippen MR) is 76.8 cm³/mol. The standard InChI is InChI=1S/C12H10ClN5S/c1-14-12-16-10-9(6-15-18-10)11(17-12)19-8-4-2-3-7(13)5-8/h2-6H,1H3,(H2,14,15,16,17,18). The van der Waals surface area contributed by atoms with Crippen LogP contribution in [0.25, 0.3) is 11.0 Å². The van der Waals surface area contributed by atoms with Gasteiger partial charge in [-0.25, -0.2) is 4.98 Å². The number of aromatic nitrogens is 4. The molecule has 3 aromatic rings. The smallest absolute Gasteiger partial charge is 0.225 e. The Labute approximate surface area is 118 Å². The second-order valence-corrected chi connectivity index (χ2v) is 5.29. The van der Waals surface area contributed by atoms with Gasteiger partial charge in [-0.05, 0) is 18.2 Å². The third-order valence-electron chi connectivity index (χ3n) is 2.51. The normalized spacial score (nSPS) is 10.8. The van der Waals surface area contributed by atoms with E-state index in [4.69, 9.17) is 11.6 Å². The molecule has 3 rings (SSSR count). The van der Waals surface area contributed by atoms with Crippen LogP contribution in [-0.2, 0) is 0 Å². The maximum absolute atomic E-state index is 5.99. The van der Waals surface area contributed by atoms with Gasteiger partial charge in [0.15, 0.2) is 5.65 Å². The van der Waals surface area contributed by atoms with Crippen molar-refractivity contribution in [2.45, 2.75) is 9.92 Å². The third kappa shape index (κ3) is 2.50. The molecule has 0 radical (unpaired) electrons. The molecule has 1 aromatic carbocycles. The summed E-state index contributed by atoms with van der Waals surface area (Å²) in [6.45, 7) is 0. The molecule has 2 aromatic heterocycles. The minimum atomic E-state index is 0.557. The van der Waals surface area contributed by atoms with Gasteiger partial charge in [-0.1, -0.05) is 29.4 Å². The van der Waals surface area contributed by atoms with E-state index >= 15 is 0 Å². The number of fused-ring (bicyclic) bond motifs is 1. The molecule has 0 saturated heterocycles. The Hall–Kier alpha value is -1.79. The van der Waals surface area contributed by atoms with Crippen molar-refractivity contribution < 1.29 is 0 Å². The Morgan fingerprint density at radius 3 is 3.00 bits per heavy atom. The average Bonchev–Trinajstić information content (AvgIpc) is 2.87. The number of hydrogen-bond acceptors (Lipinski definition) is 5. The van der Waals surface area contributed by atoms with Gasteiger partial charge in [0.05, 0.1) is 11.6 Å². The fourth-order valence-corrected chi connectivity index (χ4v) is 2.84. The maximum atomic E-state index is 5.99. The van der Waals surface area contributed by atoms with Crippen molar-refractivity contribution in [2.24, 2.45) is 0 Å². The van der Waals surface area contributed by atoms with Crippen molar-refractivity contribution in [3.05, 3.63) is 35.5 Å². The number of rotatable bonds is 3. The van der Waals surface area contributed by atoms with Crippen LogP contribution in [0, 0.1) is 0 Å².